The smallest absolute Gasteiger partial charge is 0.318 e. The Morgan fingerprint density at radius 2 is 2.21 bits per heavy atom. The number of nitrogens with one attached hydrogen (secondary N) is 2. The summed E-state index contributed by atoms with van der Waals surface area (Å²) < 4.78 is 1.73. The van der Waals surface area contributed by atoms with Crippen LogP contribution in [0.25, 0.3) is 5.69 Å². The predicted molar refractivity (Wildman–Crippen MR) is 91.0 cm³/mol. The Hall–Kier alpha value is -2.83. The van der Waals surface area contributed by atoms with Crippen LogP contribution in [0.4, 0.5) is 10.5 Å². The topological polar surface area (TPSA) is 79.3 Å². The van der Waals surface area contributed by atoms with E-state index in [1.54, 1.807) is 15.8 Å². The third kappa shape index (κ3) is 3.40. The van der Waals surface area contributed by atoms with E-state index in [0.29, 0.717) is 25.2 Å². The van der Waals surface area contributed by atoms with E-state index in [-0.39, 0.29) is 11.9 Å². The van der Waals surface area contributed by atoms with Crippen LogP contribution in [0.3, 0.4) is 0 Å². The van der Waals surface area contributed by atoms with Crippen molar-refractivity contribution in [2.75, 3.05) is 18.4 Å². The highest BCUT2D eigenvalue weighted by atomic mass is 16.2. The molecule has 7 heteroatoms. The molecule has 2 heterocycles. The van der Waals surface area contributed by atoms with Gasteiger partial charge in [0, 0.05) is 31.2 Å². The Bertz CT molecular complexity index is 714. The lowest BCUT2D eigenvalue weighted by atomic mass is 10.2. The van der Waals surface area contributed by atoms with E-state index in [1.165, 1.54) is 0 Å². The minimum absolute atomic E-state index is 0.156. The van der Waals surface area contributed by atoms with Gasteiger partial charge in [0.1, 0.15) is 6.04 Å². The van der Waals surface area contributed by atoms with Crippen molar-refractivity contribution in [1.29, 1.82) is 0 Å². The van der Waals surface area contributed by atoms with Crippen molar-refractivity contribution in [1.82, 2.24) is 20.0 Å². The number of carbonyl (C=O) groups is 2. The quantitative estimate of drug-likeness (QED) is 0.901. The van der Waals surface area contributed by atoms with Gasteiger partial charge in [0.15, 0.2) is 0 Å². The summed E-state index contributed by atoms with van der Waals surface area (Å²) in [5, 5.41) is 9.85. The van der Waals surface area contributed by atoms with Crippen molar-refractivity contribution in [2.24, 2.45) is 0 Å². The minimum atomic E-state index is -0.426. The molecule has 1 aliphatic rings. The first-order chi connectivity index (χ1) is 11.7. The number of nitrogens with zero attached hydrogens (tertiary/aromatic N) is 3. The summed E-state index contributed by atoms with van der Waals surface area (Å²) in [6, 6.07) is 8.70. The van der Waals surface area contributed by atoms with Crippen molar-refractivity contribution < 1.29 is 9.59 Å². The first-order valence-corrected chi connectivity index (χ1v) is 8.14. The molecule has 126 valence electrons. The van der Waals surface area contributed by atoms with Crippen LogP contribution in [-0.2, 0) is 4.79 Å². The van der Waals surface area contributed by atoms with Gasteiger partial charge in [0.25, 0.3) is 0 Å². The molecule has 1 atom stereocenters. The zero-order valence-corrected chi connectivity index (χ0v) is 13.6. The Morgan fingerprint density at radius 1 is 1.33 bits per heavy atom. The van der Waals surface area contributed by atoms with Crippen LogP contribution < -0.4 is 10.6 Å². The Balaban J connectivity index is 1.70. The molecule has 3 amide bonds. The summed E-state index contributed by atoms with van der Waals surface area (Å²) in [6.07, 6.45) is 5.06. The molecule has 0 bridgehead atoms. The van der Waals surface area contributed by atoms with E-state index in [9.17, 15) is 9.59 Å². The maximum absolute atomic E-state index is 12.6. The molecule has 0 aliphatic carbocycles. The van der Waals surface area contributed by atoms with E-state index >= 15 is 0 Å². The molecular weight excluding hydrogens is 306 g/mol. The Labute approximate surface area is 140 Å². The average Bonchev–Trinajstić information content (AvgIpc) is 3.27. The Kier molecular flexibility index (Phi) is 4.79. The number of carbonyl (C=O) groups excluding carboxylic acids is 2. The zero-order chi connectivity index (χ0) is 16.9. The third-order valence-electron chi connectivity index (χ3n) is 4.03. The highest BCUT2D eigenvalue weighted by molar-refractivity contribution is 5.97. The molecule has 1 aliphatic heterocycles. The van der Waals surface area contributed by atoms with Gasteiger partial charge >= 0.3 is 6.03 Å². The Morgan fingerprint density at radius 3 is 2.96 bits per heavy atom. The normalized spacial score (nSPS) is 16.9. The molecular formula is C17H21N5O2. The molecule has 0 radical (unpaired) electrons. The van der Waals surface area contributed by atoms with Gasteiger partial charge in [-0.2, -0.15) is 5.10 Å². The molecule has 1 aromatic carbocycles. The number of hydrogen-bond acceptors (Lipinski definition) is 3. The standard InChI is InChI=1S/C17H21N5O2/c1-2-18-17(24)21-10-4-8-15(21)16(23)20-13-6-3-7-14(12-13)22-11-5-9-19-22/h3,5-7,9,11-12,15H,2,4,8,10H2,1H3,(H,18,24)(H,20,23)/t15-/m0/s1. The highest BCUT2D eigenvalue weighted by Crippen LogP contribution is 2.20. The van der Waals surface area contributed by atoms with Gasteiger partial charge in [-0.1, -0.05) is 6.07 Å². The van der Waals surface area contributed by atoms with E-state index in [1.807, 2.05) is 43.5 Å². The van der Waals surface area contributed by atoms with Crippen molar-refractivity contribution in [2.45, 2.75) is 25.8 Å². The van der Waals surface area contributed by atoms with Gasteiger partial charge in [0.2, 0.25) is 5.91 Å². The number of hydrogen-bond donors (Lipinski definition) is 2. The molecule has 2 N–H and O–H groups in total. The lowest BCUT2D eigenvalue weighted by molar-refractivity contribution is -0.119. The lowest BCUT2D eigenvalue weighted by Gasteiger charge is -2.24. The van der Waals surface area contributed by atoms with Gasteiger partial charge in [-0.05, 0) is 44.0 Å². The molecule has 0 unspecified atom stereocenters. The van der Waals surface area contributed by atoms with Crippen LogP contribution in [0.2, 0.25) is 0 Å². The SMILES string of the molecule is CCNC(=O)N1CCC[C@H]1C(=O)Nc1cccc(-n2cccn2)c1. The molecule has 0 saturated carbocycles. The van der Waals surface area contributed by atoms with Gasteiger partial charge in [-0.3, -0.25) is 4.79 Å². The average molecular weight is 327 g/mol. The van der Waals surface area contributed by atoms with Crippen molar-refractivity contribution in [3.05, 3.63) is 42.7 Å². The van der Waals surface area contributed by atoms with Crippen LogP contribution in [0.1, 0.15) is 19.8 Å². The fraction of sp³-hybridized carbons (Fsp3) is 0.353. The molecule has 1 aromatic heterocycles. The van der Waals surface area contributed by atoms with E-state index < -0.39 is 6.04 Å². The summed E-state index contributed by atoms with van der Waals surface area (Å²) in [4.78, 5) is 26.2. The molecule has 24 heavy (non-hydrogen) atoms. The van der Waals surface area contributed by atoms with Crippen LogP contribution in [0, 0.1) is 0 Å². The van der Waals surface area contributed by atoms with Crippen LogP contribution in [0.5, 0.6) is 0 Å². The van der Waals surface area contributed by atoms with E-state index in [0.717, 1.165) is 12.1 Å². The first kappa shape index (κ1) is 16.0. The number of urea groups is 1. The van der Waals surface area contributed by atoms with Gasteiger partial charge < -0.3 is 15.5 Å². The number of likely N-dealkylation sites (tertiary alicyclic amines) is 1. The number of amides is 3. The third-order valence-corrected chi connectivity index (χ3v) is 4.03. The number of aromatic nitrogens is 2. The summed E-state index contributed by atoms with van der Waals surface area (Å²) in [7, 11) is 0. The van der Waals surface area contributed by atoms with Crippen molar-refractivity contribution in [3.8, 4) is 5.69 Å². The largest absolute Gasteiger partial charge is 0.338 e. The number of anilines is 1. The summed E-state index contributed by atoms with van der Waals surface area (Å²) >= 11 is 0. The minimum Gasteiger partial charge on any atom is -0.338 e. The van der Waals surface area contributed by atoms with Gasteiger partial charge in [0.05, 0.1) is 5.69 Å². The maximum Gasteiger partial charge on any atom is 0.318 e. The second kappa shape index (κ2) is 7.16. The molecule has 1 saturated heterocycles. The molecule has 0 spiro atoms. The second-order valence-corrected chi connectivity index (χ2v) is 5.68. The van der Waals surface area contributed by atoms with E-state index in [2.05, 4.69) is 15.7 Å². The zero-order valence-electron chi connectivity index (χ0n) is 13.6. The summed E-state index contributed by atoms with van der Waals surface area (Å²) in [5.41, 5.74) is 1.56. The fourth-order valence-electron chi connectivity index (χ4n) is 2.91. The monoisotopic (exact) mass is 327 g/mol. The van der Waals surface area contributed by atoms with Crippen molar-refractivity contribution >= 4 is 17.6 Å². The second-order valence-electron chi connectivity index (χ2n) is 5.68. The summed E-state index contributed by atoms with van der Waals surface area (Å²) in [5.74, 6) is -0.156. The predicted octanol–water partition coefficient (Wildman–Crippen LogP) is 2.00. The van der Waals surface area contributed by atoms with Gasteiger partial charge in [-0.15, -0.1) is 0 Å². The molecule has 7 nitrogen and oxygen atoms in total. The van der Waals surface area contributed by atoms with Gasteiger partial charge in [-0.25, -0.2) is 9.48 Å². The maximum atomic E-state index is 12.6. The van der Waals surface area contributed by atoms with E-state index in [4.69, 9.17) is 0 Å². The summed E-state index contributed by atoms with van der Waals surface area (Å²) in [6.45, 7) is 3.02. The first-order valence-electron chi connectivity index (χ1n) is 8.14. The van der Waals surface area contributed by atoms with Crippen LogP contribution in [-0.4, -0.2) is 45.8 Å². The molecule has 2 aromatic rings. The van der Waals surface area contributed by atoms with Crippen molar-refractivity contribution in [3.63, 3.8) is 0 Å². The fourth-order valence-corrected chi connectivity index (χ4v) is 2.91. The lowest BCUT2D eigenvalue weighted by Crippen LogP contribution is -2.47. The number of rotatable bonds is 4. The van der Waals surface area contributed by atoms with Crippen LogP contribution >= 0.6 is 0 Å². The molecule has 3 rings (SSSR count). The highest BCUT2D eigenvalue weighted by Gasteiger charge is 2.33. The number of benzene rings is 1. The molecule has 1 fully saturated rings. The van der Waals surface area contributed by atoms with Crippen LogP contribution in [0.15, 0.2) is 42.7 Å².